The van der Waals surface area contributed by atoms with Crippen LogP contribution in [0.1, 0.15) is 17.2 Å². The number of phenolic OH excluding ortho intramolecular Hbond substituents is 2. The Labute approximate surface area is 162 Å². The summed E-state index contributed by atoms with van der Waals surface area (Å²) in [6, 6.07) is 14.2. The molecular weight excluding hydrogens is 366 g/mol. The molecule has 8 heteroatoms. The molecule has 0 fully saturated rings. The third kappa shape index (κ3) is 9.95. The number of aliphatic hydroxyl groups is 1. The molecule has 8 nitrogen and oxygen atoms in total. The molecule has 2 aromatic carbocycles. The van der Waals surface area contributed by atoms with Crippen molar-refractivity contribution in [3.8, 4) is 11.5 Å². The van der Waals surface area contributed by atoms with Crippen molar-refractivity contribution in [2.24, 2.45) is 0 Å². The maximum atomic E-state index is 9.98. The van der Waals surface area contributed by atoms with Gasteiger partial charge >= 0.3 is 11.9 Å². The lowest BCUT2D eigenvalue weighted by atomic mass is 10.1. The summed E-state index contributed by atoms with van der Waals surface area (Å²) < 4.78 is 0. The smallest absolute Gasteiger partial charge is 0.328 e. The van der Waals surface area contributed by atoms with Crippen LogP contribution in [0.25, 0.3) is 0 Å². The zero-order valence-corrected chi connectivity index (χ0v) is 15.0. The first-order valence-corrected chi connectivity index (χ1v) is 8.37. The monoisotopic (exact) mass is 389 g/mol. The van der Waals surface area contributed by atoms with E-state index in [4.69, 9.17) is 10.2 Å². The number of nitrogens with one attached hydrogen (secondary N) is 1. The van der Waals surface area contributed by atoms with Crippen molar-refractivity contribution >= 4 is 11.9 Å². The second-order valence-electron chi connectivity index (χ2n) is 5.75. The Balaban J connectivity index is 0.000000416. The van der Waals surface area contributed by atoms with Gasteiger partial charge in [0.15, 0.2) is 0 Å². The van der Waals surface area contributed by atoms with Crippen molar-refractivity contribution in [2.45, 2.75) is 12.5 Å². The average molecular weight is 389 g/mol. The number of aliphatic carboxylic acids is 2. The lowest BCUT2D eigenvalue weighted by Gasteiger charge is -2.13. The highest BCUT2D eigenvalue weighted by molar-refractivity contribution is 5.89. The summed E-state index contributed by atoms with van der Waals surface area (Å²) in [6.07, 6.45) is 1.24. The van der Waals surface area contributed by atoms with Crippen LogP contribution in [0.3, 0.4) is 0 Å². The number of carboxylic acid groups (broad SMARTS) is 2. The van der Waals surface area contributed by atoms with E-state index < -0.39 is 18.0 Å². The summed E-state index contributed by atoms with van der Waals surface area (Å²) in [5, 5.41) is 47.5. The van der Waals surface area contributed by atoms with Crippen molar-refractivity contribution in [3.63, 3.8) is 0 Å². The molecule has 0 amide bonds. The van der Waals surface area contributed by atoms with Gasteiger partial charge in [-0.2, -0.15) is 0 Å². The van der Waals surface area contributed by atoms with Crippen molar-refractivity contribution in [1.82, 2.24) is 5.32 Å². The van der Waals surface area contributed by atoms with E-state index in [9.17, 15) is 24.9 Å². The zero-order chi connectivity index (χ0) is 20.9. The van der Waals surface area contributed by atoms with E-state index in [2.05, 4.69) is 17.4 Å². The van der Waals surface area contributed by atoms with Gasteiger partial charge in [0, 0.05) is 24.8 Å². The summed E-state index contributed by atoms with van der Waals surface area (Å²) in [5.41, 5.74) is 1.74. The van der Waals surface area contributed by atoms with E-state index in [0.717, 1.165) is 13.0 Å². The molecule has 0 saturated carbocycles. The van der Waals surface area contributed by atoms with Crippen LogP contribution < -0.4 is 5.32 Å². The first-order valence-electron chi connectivity index (χ1n) is 8.37. The van der Waals surface area contributed by atoms with Gasteiger partial charge in [0.1, 0.15) is 11.5 Å². The van der Waals surface area contributed by atoms with E-state index in [-0.39, 0.29) is 11.5 Å². The van der Waals surface area contributed by atoms with Crippen LogP contribution in [0.5, 0.6) is 11.5 Å². The number of carbonyl (C=O) groups is 2. The summed E-state index contributed by atoms with van der Waals surface area (Å²) >= 11 is 0. The van der Waals surface area contributed by atoms with Crippen molar-refractivity contribution in [1.29, 1.82) is 0 Å². The minimum atomic E-state index is -1.26. The predicted molar refractivity (Wildman–Crippen MR) is 102 cm³/mol. The van der Waals surface area contributed by atoms with E-state index in [1.807, 2.05) is 18.2 Å². The number of aromatic hydroxyl groups is 2. The number of hydrogen-bond donors (Lipinski definition) is 6. The molecule has 0 heterocycles. The highest BCUT2D eigenvalue weighted by Gasteiger charge is 2.09. The highest BCUT2D eigenvalue weighted by Crippen LogP contribution is 2.24. The summed E-state index contributed by atoms with van der Waals surface area (Å²) in [7, 11) is 0. The van der Waals surface area contributed by atoms with E-state index >= 15 is 0 Å². The van der Waals surface area contributed by atoms with Gasteiger partial charge < -0.3 is 30.8 Å². The Morgan fingerprint density at radius 2 is 1.46 bits per heavy atom. The van der Waals surface area contributed by atoms with Crippen molar-refractivity contribution in [3.05, 3.63) is 71.8 Å². The molecule has 0 saturated heterocycles. The number of rotatable bonds is 8. The largest absolute Gasteiger partial charge is 0.508 e. The zero-order valence-electron chi connectivity index (χ0n) is 15.0. The minimum Gasteiger partial charge on any atom is -0.508 e. The summed E-state index contributed by atoms with van der Waals surface area (Å²) in [5.74, 6) is -2.62. The van der Waals surface area contributed by atoms with Crippen molar-refractivity contribution < 1.29 is 35.1 Å². The standard InChI is InChI=1S/C16H19NO3.C4H4O4/c18-14-8-13(9-15(19)10-14)16(20)11-17-7-6-12-4-2-1-3-5-12;5-3(6)1-2-4(7)8/h1-5,8-10,16-20H,6-7,11H2;1-2H,(H,5,6)(H,7,8). The lowest BCUT2D eigenvalue weighted by molar-refractivity contribution is -0.134. The molecule has 0 aliphatic carbocycles. The fourth-order valence-corrected chi connectivity index (χ4v) is 2.19. The SMILES string of the molecule is O=C(O)C=CC(=O)O.Oc1cc(O)cc(C(O)CNCCc2ccccc2)c1. The van der Waals surface area contributed by atoms with Gasteiger partial charge in [-0.05, 0) is 36.2 Å². The van der Waals surface area contributed by atoms with E-state index in [0.29, 0.717) is 24.3 Å². The molecule has 0 aromatic heterocycles. The van der Waals surface area contributed by atoms with Crippen molar-refractivity contribution in [2.75, 3.05) is 13.1 Å². The fraction of sp³-hybridized carbons (Fsp3) is 0.200. The van der Waals surface area contributed by atoms with E-state index in [1.165, 1.54) is 23.8 Å². The van der Waals surface area contributed by atoms with Crippen LogP contribution in [0, 0.1) is 0 Å². The number of aliphatic hydroxyl groups excluding tert-OH is 1. The Morgan fingerprint density at radius 1 is 0.929 bits per heavy atom. The van der Waals surface area contributed by atoms with Gasteiger partial charge in [-0.3, -0.25) is 0 Å². The maximum absolute atomic E-state index is 9.98. The topological polar surface area (TPSA) is 147 Å². The quantitative estimate of drug-likeness (QED) is 0.295. The molecule has 6 N–H and O–H groups in total. The Hall–Kier alpha value is -3.36. The second kappa shape index (κ2) is 12.1. The van der Waals surface area contributed by atoms with Gasteiger partial charge in [-0.1, -0.05) is 30.3 Å². The van der Waals surface area contributed by atoms with Gasteiger partial charge in [0.2, 0.25) is 0 Å². The van der Waals surface area contributed by atoms with Gasteiger partial charge in [0.05, 0.1) is 6.10 Å². The number of phenols is 2. The molecule has 0 aliphatic heterocycles. The fourth-order valence-electron chi connectivity index (χ4n) is 2.19. The van der Waals surface area contributed by atoms with Crippen LogP contribution in [0.2, 0.25) is 0 Å². The molecule has 150 valence electrons. The number of hydrogen-bond acceptors (Lipinski definition) is 6. The Bertz CT molecular complexity index is 754. The number of carboxylic acids is 2. The number of benzene rings is 2. The van der Waals surface area contributed by atoms with Gasteiger partial charge in [0.25, 0.3) is 0 Å². The summed E-state index contributed by atoms with van der Waals surface area (Å²) in [4.78, 5) is 19.1. The van der Waals surface area contributed by atoms with E-state index in [1.54, 1.807) is 0 Å². The third-order valence-electron chi connectivity index (χ3n) is 3.45. The van der Waals surface area contributed by atoms with Crippen LogP contribution in [0.4, 0.5) is 0 Å². The molecule has 1 atom stereocenters. The molecule has 0 bridgehead atoms. The molecule has 28 heavy (non-hydrogen) atoms. The van der Waals surface area contributed by atoms with Crippen LogP contribution in [0.15, 0.2) is 60.7 Å². The minimum absolute atomic E-state index is 0.0525. The lowest BCUT2D eigenvalue weighted by Crippen LogP contribution is -2.23. The molecular formula is C20H23NO7. The Kier molecular flexibility index (Phi) is 9.80. The first-order chi connectivity index (χ1) is 13.3. The summed E-state index contributed by atoms with van der Waals surface area (Å²) in [6.45, 7) is 1.13. The molecule has 2 aromatic rings. The highest BCUT2D eigenvalue weighted by atomic mass is 16.4. The average Bonchev–Trinajstić information content (AvgIpc) is 2.64. The van der Waals surface area contributed by atoms with Crippen LogP contribution in [-0.4, -0.2) is 50.6 Å². The molecule has 0 radical (unpaired) electrons. The van der Waals surface area contributed by atoms with Gasteiger partial charge in [-0.15, -0.1) is 0 Å². The van der Waals surface area contributed by atoms with Crippen LogP contribution in [-0.2, 0) is 16.0 Å². The third-order valence-corrected chi connectivity index (χ3v) is 3.45. The maximum Gasteiger partial charge on any atom is 0.328 e. The second-order valence-corrected chi connectivity index (χ2v) is 5.75. The molecule has 0 spiro atoms. The van der Waals surface area contributed by atoms with Gasteiger partial charge in [-0.25, -0.2) is 9.59 Å². The molecule has 2 rings (SSSR count). The molecule has 0 aliphatic rings. The first kappa shape index (κ1) is 22.7. The molecule has 1 unspecified atom stereocenters. The Morgan fingerprint density at radius 3 is 1.96 bits per heavy atom. The normalized spacial score (nSPS) is 11.5. The predicted octanol–water partition coefficient (Wildman–Crippen LogP) is 1.68. The van der Waals surface area contributed by atoms with Crippen LogP contribution >= 0.6 is 0 Å².